The number of likely N-dealkylation sites (tertiary alicyclic amines) is 1. The molecule has 0 saturated carbocycles. The number of imide groups is 1. The zero-order valence-corrected chi connectivity index (χ0v) is 14.3. The molecule has 1 aliphatic heterocycles. The lowest BCUT2D eigenvalue weighted by Crippen LogP contribution is -2.51. The lowest BCUT2D eigenvalue weighted by molar-refractivity contribution is -0.125. The van der Waals surface area contributed by atoms with Gasteiger partial charge < -0.3 is 10.1 Å². The van der Waals surface area contributed by atoms with E-state index in [1.165, 1.54) is 0 Å². The average Bonchev–Trinajstić information content (AvgIpc) is 2.61. The van der Waals surface area contributed by atoms with E-state index in [9.17, 15) is 9.59 Å². The van der Waals surface area contributed by atoms with Gasteiger partial charge in [0.2, 0.25) is 11.8 Å². The van der Waals surface area contributed by atoms with E-state index >= 15 is 0 Å². The van der Waals surface area contributed by atoms with Crippen molar-refractivity contribution in [1.29, 1.82) is 0 Å². The first kappa shape index (κ1) is 18.2. The van der Waals surface area contributed by atoms with Crippen molar-refractivity contribution in [2.75, 3.05) is 26.2 Å². The Morgan fingerprint density at radius 1 is 1.38 bits per heavy atom. The lowest BCUT2D eigenvalue weighted by atomic mass is 9.96. The summed E-state index contributed by atoms with van der Waals surface area (Å²) in [4.78, 5) is 29.8. The van der Waals surface area contributed by atoms with E-state index in [0.717, 1.165) is 25.9 Å². The van der Waals surface area contributed by atoms with Gasteiger partial charge in [-0.2, -0.15) is 0 Å². The Balaban J connectivity index is 1.71. The van der Waals surface area contributed by atoms with Crippen LogP contribution in [0.25, 0.3) is 0 Å². The number of aromatic nitrogens is 1. The summed E-state index contributed by atoms with van der Waals surface area (Å²) in [5.74, 6) is 0.848. The number of hydrogen-bond acceptors (Lipinski definition) is 5. The van der Waals surface area contributed by atoms with Crippen molar-refractivity contribution >= 4 is 11.9 Å². The van der Waals surface area contributed by atoms with Gasteiger partial charge in [-0.3, -0.25) is 15.0 Å². The fraction of sp³-hybridized carbons (Fsp3) is 0.588. The molecule has 0 unspecified atom stereocenters. The van der Waals surface area contributed by atoms with E-state index in [-0.39, 0.29) is 11.9 Å². The van der Waals surface area contributed by atoms with Crippen molar-refractivity contribution < 1.29 is 14.3 Å². The van der Waals surface area contributed by atoms with Crippen molar-refractivity contribution in [3.05, 3.63) is 24.4 Å². The fourth-order valence-electron chi connectivity index (χ4n) is 2.73. The van der Waals surface area contributed by atoms with Crippen LogP contribution in [-0.4, -0.2) is 54.1 Å². The summed E-state index contributed by atoms with van der Waals surface area (Å²) < 4.78 is 5.71. The molecular formula is C17H26N4O3. The summed E-state index contributed by atoms with van der Waals surface area (Å²) >= 11 is 0. The number of rotatable bonds is 6. The number of urea groups is 1. The summed E-state index contributed by atoms with van der Waals surface area (Å²) in [5, 5.41) is 4.93. The minimum atomic E-state index is -0.437. The van der Waals surface area contributed by atoms with Crippen molar-refractivity contribution in [3.63, 3.8) is 0 Å². The van der Waals surface area contributed by atoms with Gasteiger partial charge in [-0.15, -0.1) is 0 Å². The molecule has 0 aliphatic carbocycles. The van der Waals surface area contributed by atoms with E-state index in [1.54, 1.807) is 6.20 Å². The molecule has 24 heavy (non-hydrogen) atoms. The second-order valence-electron chi connectivity index (χ2n) is 5.98. The fourth-order valence-corrected chi connectivity index (χ4v) is 2.73. The van der Waals surface area contributed by atoms with E-state index < -0.39 is 6.03 Å². The molecule has 7 heteroatoms. The second-order valence-corrected chi connectivity index (χ2v) is 5.98. The molecule has 3 amide bonds. The Morgan fingerprint density at radius 3 is 2.75 bits per heavy atom. The SMILES string of the molecule is CCNC(=O)NC(=O)[C@@H](C)N1CCC(COc2ccccn2)CC1. The number of pyridine rings is 1. The maximum atomic E-state index is 12.1. The number of amides is 3. The molecule has 1 atom stereocenters. The van der Waals surface area contributed by atoms with Crippen molar-refractivity contribution in [1.82, 2.24) is 20.5 Å². The van der Waals surface area contributed by atoms with Gasteiger partial charge >= 0.3 is 6.03 Å². The van der Waals surface area contributed by atoms with Crippen LogP contribution < -0.4 is 15.4 Å². The highest BCUT2D eigenvalue weighted by Gasteiger charge is 2.27. The van der Waals surface area contributed by atoms with Gasteiger partial charge in [0, 0.05) is 18.8 Å². The Morgan fingerprint density at radius 2 is 2.12 bits per heavy atom. The average molecular weight is 334 g/mol. The molecule has 1 saturated heterocycles. The molecular weight excluding hydrogens is 308 g/mol. The van der Waals surface area contributed by atoms with Crippen molar-refractivity contribution in [2.45, 2.75) is 32.7 Å². The minimum absolute atomic E-state index is 0.260. The van der Waals surface area contributed by atoms with Gasteiger partial charge in [-0.1, -0.05) is 6.07 Å². The molecule has 132 valence electrons. The maximum Gasteiger partial charge on any atom is 0.321 e. The second kappa shape index (κ2) is 9.22. The van der Waals surface area contributed by atoms with E-state index in [0.29, 0.717) is 24.9 Å². The van der Waals surface area contributed by atoms with Gasteiger partial charge in [-0.25, -0.2) is 9.78 Å². The quantitative estimate of drug-likeness (QED) is 0.822. The van der Waals surface area contributed by atoms with Crippen LogP contribution in [-0.2, 0) is 4.79 Å². The van der Waals surface area contributed by atoms with Crippen LogP contribution in [0.5, 0.6) is 5.88 Å². The van der Waals surface area contributed by atoms with Gasteiger partial charge in [0.15, 0.2) is 0 Å². The normalized spacial score (nSPS) is 17.1. The number of carbonyl (C=O) groups excluding carboxylic acids is 2. The van der Waals surface area contributed by atoms with Gasteiger partial charge in [0.1, 0.15) is 0 Å². The topological polar surface area (TPSA) is 83.6 Å². The van der Waals surface area contributed by atoms with Crippen LogP contribution in [0.15, 0.2) is 24.4 Å². The van der Waals surface area contributed by atoms with Crippen LogP contribution in [0.2, 0.25) is 0 Å². The van der Waals surface area contributed by atoms with Crippen LogP contribution in [0, 0.1) is 5.92 Å². The number of hydrogen-bond donors (Lipinski definition) is 2. The highest BCUT2D eigenvalue weighted by atomic mass is 16.5. The Hall–Kier alpha value is -2.15. The summed E-state index contributed by atoms with van der Waals surface area (Å²) in [5.41, 5.74) is 0. The van der Waals surface area contributed by atoms with Crippen LogP contribution in [0.1, 0.15) is 26.7 Å². The minimum Gasteiger partial charge on any atom is -0.477 e. The van der Waals surface area contributed by atoms with Gasteiger partial charge in [0.25, 0.3) is 0 Å². The third-order valence-electron chi connectivity index (χ3n) is 4.26. The molecule has 1 aromatic heterocycles. The third-order valence-corrected chi connectivity index (χ3v) is 4.26. The number of nitrogens with one attached hydrogen (secondary N) is 2. The Kier molecular flexibility index (Phi) is 6.99. The summed E-state index contributed by atoms with van der Waals surface area (Å²) in [7, 11) is 0. The molecule has 1 aromatic rings. The predicted octanol–water partition coefficient (Wildman–Crippen LogP) is 1.41. The first-order valence-corrected chi connectivity index (χ1v) is 8.46. The molecule has 1 aliphatic rings. The predicted molar refractivity (Wildman–Crippen MR) is 90.7 cm³/mol. The summed E-state index contributed by atoms with van der Waals surface area (Å²) in [6, 6.07) is 4.86. The highest BCUT2D eigenvalue weighted by Crippen LogP contribution is 2.20. The number of piperidine rings is 1. The van der Waals surface area contributed by atoms with E-state index in [2.05, 4.69) is 20.5 Å². The molecule has 7 nitrogen and oxygen atoms in total. The Labute approximate surface area is 142 Å². The molecule has 2 heterocycles. The van der Waals surface area contributed by atoms with Crippen molar-refractivity contribution in [3.8, 4) is 5.88 Å². The van der Waals surface area contributed by atoms with E-state index in [4.69, 9.17) is 4.74 Å². The first-order valence-electron chi connectivity index (χ1n) is 8.46. The molecule has 0 radical (unpaired) electrons. The zero-order valence-electron chi connectivity index (χ0n) is 14.3. The standard InChI is InChI=1S/C17H26N4O3/c1-3-18-17(23)20-16(22)13(2)21-10-7-14(8-11-21)12-24-15-6-4-5-9-19-15/h4-6,9,13-14H,3,7-8,10-12H2,1-2H3,(H2,18,20,22,23)/t13-/m1/s1. The summed E-state index contributed by atoms with van der Waals surface area (Å²) in [6.07, 6.45) is 3.64. The van der Waals surface area contributed by atoms with Crippen LogP contribution in [0.4, 0.5) is 4.79 Å². The molecule has 0 bridgehead atoms. The number of carbonyl (C=O) groups is 2. The molecule has 2 rings (SSSR count). The van der Waals surface area contributed by atoms with Crippen LogP contribution >= 0.6 is 0 Å². The maximum absolute atomic E-state index is 12.1. The summed E-state index contributed by atoms with van der Waals surface area (Å²) in [6.45, 7) is 6.42. The largest absolute Gasteiger partial charge is 0.477 e. The smallest absolute Gasteiger partial charge is 0.321 e. The molecule has 1 fully saturated rings. The number of ether oxygens (including phenoxy) is 1. The lowest BCUT2D eigenvalue weighted by Gasteiger charge is -2.35. The highest BCUT2D eigenvalue weighted by molar-refractivity contribution is 5.96. The Bertz CT molecular complexity index is 530. The monoisotopic (exact) mass is 334 g/mol. The van der Waals surface area contributed by atoms with Gasteiger partial charge in [0.05, 0.1) is 12.6 Å². The first-order chi connectivity index (χ1) is 11.6. The van der Waals surface area contributed by atoms with Crippen LogP contribution in [0.3, 0.4) is 0 Å². The molecule has 2 N–H and O–H groups in total. The van der Waals surface area contributed by atoms with Crippen molar-refractivity contribution in [2.24, 2.45) is 5.92 Å². The molecule has 0 aromatic carbocycles. The van der Waals surface area contributed by atoms with E-state index in [1.807, 2.05) is 32.0 Å². The molecule has 0 spiro atoms. The third kappa shape index (κ3) is 5.49. The zero-order chi connectivity index (χ0) is 17.4. The van der Waals surface area contributed by atoms with Gasteiger partial charge in [-0.05, 0) is 51.8 Å². The number of nitrogens with zero attached hydrogens (tertiary/aromatic N) is 2.